The van der Waals surface area contributed by atoms with Crippen LogP contribution in [0.1, 0.15) is 23.4 Å². The molecule has 0 bridgehead atoms. The van der Waals surface area contributed by atoms with E-state index in [1.54, 1.807) is 55.8 Å². The van der Waals surface area contributed by atoms with Crippen molar-refractivity contribution < 1.29 is 18.3 Å². The summed E-state index contributed by atoms with van der Waals surface area (Å²) < 4.78 is 38.4. The lowest BCUT2D eigenvalue weighted by Gasteiger charge is -2.11. The highest BCUT2D eigenvalue weighted by Gasteiger charge is 2.19. The Morgan fingerprint density at radius 3 is 2.76 bits per heavy atom. The topological polar surface area (TPSA) is 61.5 Å². The van der Waals surface area contributed by atoms with Gasteiger partial charge in [0.2, 0.25) is 11.0 Å². The molecule has 0 amide bonds. The van der Waals surface area contributed by atoms with Crippen LogP contribution in [-0.2, 0) is 6.61 Å². The molecule has 0 unspecified atom stereocenters. The number of benzene rings is 2. The number of alkyl halides is 2. The Morgan fingerprint density at radius 1 is 1.24 bits per heavy atom. The van der Waals surface area contributed by atoms with Crippen LogP contribution in [-0.4, -0.2) is 34.5 Å². The Kier molecular flexibility index (Phi) is 7.05. The quantitative estimate of drug-likeness (QED) is 0.363. The second-order valence-corrected chi connectivity index (χ2v) is 6.93. The molecule has 0 saturated carbocycles. The minimum atomic E-state index is -2.78. The van der Waals surface area contributed by atoms with E-state index in [2.05, 4.69) is 15.3 Å². The molecular weight excluding hydrogens is 422 g/mol. The van der Waals surface area contributed by atoms with Crippen molar-refractivity contribution in [2.45, 2.75) is 18.2 Å². The van der Waals surface area contributed by atoms with E-state index in [0.717, 1.165) is 10.2 Å². The van der Waals surface area contributed by atoms with Crippen LogP contribution in [0.2, 0.25) is 5.02 Å². The summed E-state index contributed by atoms with van der Waals surface area (Å²) in [6.45, 7) is 0.232. The van der Waals surface area contributed by atoms with E-state index in [1.165, 1.54) is 18.0 Å². The van der Waals surface area contributed by atoms with Crippen LogP contribution in [0.25, 0.3) is 0 Å². The smallest absolute Gasteiger partial charge is 0.299 e. The Balaban J connectivity index is 1.83. The number of hydrogen-bond acceptors (Lipinski definition) is 6. The number of aromatic nitrogens is 3. The van der Waals surface area contributed by atoms with Crippen LogP contribution < -0.4 is 9.47 Å². The number of rotatable bonds is 8. The maximum atomic E-state index is 13.1. The highest BCUT2D eigenvalue weighted by molar-refractivity contribution is 7.98. The van der Waals surface area contributed by atoms with Crippen molar-refractivity contribution in [1.82, 2.24) is 14.9 Å². The fourth-order valence-electron chi connectivity index (χ4n) is 2.48. The van der Waals surface area contributed by atoms with E-state index in [0.29, 0.717) is 22.1 Å². The summed E-state index contributed by atoms with van der Waals surface area (Å²) in [4.78, 5) is 0. The summed E-state index contributed by atoms with van der Waals surface area (Å²) in [5, 5.41) is 12.2. The molecule has 0 N–H and O–H groups in total. The van der Waals surface area contributed by atoms with E-state index >= 15 is 0 Å². The van der Waals surface area contributed by atoms with Gasteiger partial charge in [-0.2, -0.15) is 9.78 Å². The number of methoxy groups -OCH3 is 1. The molecule has 6 nitrogen and oxygen atoms in total. The van der Waals surface area contributed by atoms with Gasteiger partial charge in [-0.15, -0.1) is 10.2 Å². The summed E-state index contributed by atoms with van der Waals surface area (Å²) in [5.41, 5.74) is 1.44. The Morgan fingerprint density at radius 2 is 2.07 bits per heavy atom. The minimum Gasteiger partial charge on any atom is -0.496 e. The third-order valence-corrected chi connectivity index (χ3v) is 4.69. The molecule has 0 spiro atoms. The summed E-state index contributed by atoms with van der Waals surface area (Å²) in [6.07, 6.45) is 0.388. The SMILES string of the molecule is COc1ccc(C=Nn2c(SC)nnc2C(F)F)cc1COc1cccc(Cl)c1. The van der Waals surface area contributed by atoms with Gasteiger partial charge in [0.1, 0.15) is 18.1 Å². The monoisotopic (exact) mass is 438 g/mol. The lowest BCUT2D eigenvalue weighted by atomic mass is 10.1. The molecule has 0 atom stereocenters. The maximum absolute atomic E-state index is 13.1. The summed E-state index contributed by atoms with van der Waals surface area (Å²) in [7, 11) is 1.56. The van der Waals surface area contributed by atoms with Crippen LogP contribution in [0.5, 0.6) is 11.5 Å². The van der Waals surface area contributed by atoms with Crippen LogP contribution in [0.4, 0.5) is 8.78 Å². The van der Waals surface area contributed by atoms with Crippen LogP contribution in [0.15, 0.2) is 52.7 Å². The van der Waals surface area contributed by atoms with Crippen molar-refractivity contribution in [2.24, 2.45) is 5.10 Å². The normalized spacial score (nSPS) is 11.4. The van der Waals surface area contributed by atoms with Crippen molar-refractivity contribution in [3.05, 3.63) is 64.4 Å². The molecule has 152 valence electrons. The van der Waals surface area contributed by atoms with E-state index in [9.17, 15) is 8.78 Å². The molecule has 1 aromatic heterocycles. The predicted molar refractivity (Wildman–Crippen MR) is 109 cm³/mol. The van der Waals surface area contributed by atoms with Crippen LogP contribution in [0.3, 0.4) is 0 Å². The average molecular weight is 439 g/mol. The standard InChI is InChI=1S/C19H17ClF2N4O2S/c1-27-16-7-6-12(8-13(16)11-28-15-5-3-4-14(20)9-15)10-23-26-18(17(21)22)24-25-19(26)29-2/h3-10,17H,11H2,1-2H3. The van der Waals surface area contributed by atoms with Crippen molar-refractivity contribution in [3.8, 4) is 11.5 Å². The molecule has 1 heterocycles. The van der Waals surface area contributed by atoms with Gasteiger partial charge in [0, 0.05) is 10.6 Å². The van der Waals surface area contributed by atoms with Crippen molar-refractivity contribution in [2.75, 3.05) is 13.4 Å². The Bertz CT molecular complexity index is 1010. The highest BCUT2D eigenvalue weighted by Crippen LogP contribution is 2.24. The largest absolute Gasteiger partial charge is 0.496 e. The summed E-state index contributed by atoms with van der Waals surface area (Å²) in [6, 6.07) is 12.4. The zero-order chi connectivity index (χ0) is 20.8. The van der Waals surface area contributed by atoms with Crippen LogP contribution >= 0.6 is 23.4 Å². The van der Waals surface area contributed by atoms with Crippen LogP contribution in [0, 0.1) is 0 Å². The average Bonchev–Trinajstić information content (AvgIpc) is 3.14. The van der Waals surface area contributed by atoms with Gasteiger partial charge in [-0.1, -0.05) is 29.4 Å². The van der Waals surface area contributed by atoms with E-state index in [-0.39, 0.29) is 11.8 Å². The van der Waals surface area contributed by atoms with Crippen molar-refractivity contribution >= 4 is 29.6 Å². The zero-order valence-corrected chi connectivity index (χ0v) is 17.1. The lowest BCUT2D eigenvalue weighted by Crippen LogP contribution is -2.02. The summed E-state index contributed by atoms with van der Waals surface area (Å²) >= 11 is 7.15. The molecule has 0 saturated heterocycles. The molecule has 0 aliphatic carbocycles. The van der Waals surface area contributed by atoms with Gasteiger partial charge >= 0.3 is 0 Å². The number of hydrogen-bond donors (Lipinski definition) is 0. The first-order valence-electron chi connectivity index (χ1n) is 8.39. The van der Waals surface area contributed by atoms with Gasteiger partial charge in [-0.25, -0.2) is 8.78 Å². The fraction of sp³-hybridized carbons (Fsp3) is 0.211. The molecule has 3 rings (SSSR count). The minimum absolute atomic E-state index is 0.232. The molecule has 0 aliphatic rings. The molecule has 3 aromatic rings. The van der Waals surface area contributed by atoms with Gasteiger partial charge in [-0.05, 0) is 48.2 Å². The van der Waals surface area contributed by atoms with Gasteiger partial charge in [0.15, 0.2) is 0 Å². The second-order valence-electron chi connectivity index (χ2n) is 5.72. The number of ether oxygens (including phenoxy) is 2. The maximum Gasteiger partial charge on any atom is 0.299 e. The first-order chi connectivity index (χ1) is 14.0. The van der Waals surface area contributed by atoms with Gasteiger partial charge in [-0.3, -0.25) is 0 Å². The van der Waals surface area contributed by atoms with Gasteiger partial charge in [0.05, 0.1) is 13.3 Å². The van der Waals surface area contributed by atoms with E-state index < -0.39 is 12.2 Å². The van der Waals surface area contributed by atoms with E-state index in [4.69, 9.17) is 21.1 Å². The molecule has 0 fully saturated rings. The highest BCUT2D eigenvalue weighted by atomic mass is 35.5. The number of nitrogens with zero attached hydrogens (tertiary/aromatic N) is 4. The Hall–Kier alpha value is -2.65. The molecule has 2 aromatic carbocycles. The first-order valence-corrected chi connectivity index (χ1v) is 9.99. The number of thioether (sulfide) groups is 1. The molecule has 29 heavy (non-hydrogen) atoms. The molecular formula is C19H17ClF2N4O2S. The van der Waals surface area contributed by atoms with Gasteiger partial charge in [0.25, 0.3) is 6.43 Å². The molecule has 0 radical (unpaired) electrons. The zero-order valence-electron chi connectivity index (χ0n) is 15.6. The third kappa shape index (κ3) is 5.24. The molecule has 10 heteroatoms. The lowest BCUT2D eigenvalue weighted by molar-refractivity contribution is 0.135. The summed E-state index contributed by atoms with van der Waals surface area (Å²) in [5.74, 6) is 0.740. The number of halogens is 3. The van der Waals surface area contributed by atoms with Crippen molar-refractivity contribution in [3.63, 3.8) is 0 Å². The van der Waals surface area contributed by atoms with E-state index in [1.807, 2.05) is 0 Å². The first kappa shape index (κ1) is 21.1. The second kappa shape index (κ2) is 9.71. The third-order valence-electron chi connectivity index (χ3n) is 3.83. The van der Waals surface area contributed by atoms with Gasteiger partial charge < -0.3 is 9.47 Å². The van der Waals surface area contributed by atoms with Crippen molar-refractivity contribution in [1.29, 1.82) is 0 Å². The predicted octanol–water partition coefficient (Wildman–Crippen LogP) is 5.06. The fourth-order valence-corrected chi connectivity index (χ4v) is 3.10. The Labute approximate surface area is 175 Å². The molecule has 0 aliphatic heterocycles.